The summed E-state index contributed by atoms with van der Waals surface area (Å²) in [5.74, 6) is 0. The Bertz CT molecular complexity index is 269. The molecule has 0 saturated heterocycles. The van der Waals surface area contributed by atoms with Crippen LogP contribution in [-0.2, 0) is 0 Å². The normalized spacial score (nSPS) is 14.7. The Morgan fingerprint density at radius 3 is 0.636 bits per heavy atom. The van der Waals surface area contributed by atoms with Gasteiger partial charge in [-0.3, -0.25) is 0 Å². The maximum absolute atomic E-state index is 2.48. The Hall–Kier alpha value is 0.194. The van der Waals surface area contributed by atoms with E-state index in [1.807, 2.05) is 0 Å². The summed E-state index contributed by atoms with van der Waals surface area (Å²) in [6.45, 7) is 2.46. The van der Waals surface area contributed by atoms with E-state index < -0.39 is 17.1 Å². The van der Waals surface area contributed by atoms with Crippen LogP contribution < -0.4 is 0 Å². The van der Waals surface area contributed by atoms with Gasteiger partial charge in [0.2, 0.25) is 0 Å². The first-order valence-corrected chi connectivity index (χ1v) is 11.7. The molecule has 0 unspecified atom stereocenters. The lowest BCUT2D eigenvalue weighted by Crippen LogP contribution is -2.83. The van der Waals surface area contributed by atoms with E-state index in [0.29, 0.717) is 5.16 Å². The van der Waals surface area contributed by atoms with Gasteiger partial charge in [0.1, 0.15) is 0 Å². The third-order valence-corrected chi connectivity index (χ3v) is 17.7. The molecule has 0 radical (unpaired) electrons. The fraction of sp³-hybridized carbons (Fsp3) is 1.00. The standard InChI is InChI=1S/C14H40N6Si2/c1-14(21(15(2)3,16(4)5)17(6)7)22(18(8)9,19(10)11)20(12)13/h14H,1-13H3. The lowest BCUT2D eigenvalue weighted by molar-refractivity contribution is 0.330. The van der Waals surface area contributed by atoms with Crippen LogP contribution in [0, 0.1) is 0 Å². The second kappa shape index (κ2) is 7.84. The van der Waals surface area contributed by atoms with Crippen LogP contribution in [-0.4, -0.2) is 129 Å². The minimum atomic E-state index is -2.02. The van der Waals surface area contributed by atoms with E-state index in [1.54, 1.807) is 0 Å². The molecule has 0 atom stereocenters. The summed E-state index contributed by atoms with van der Waals surface area (Å²) < 4.78 is 14.9. The van der Waals surface area contributed by atoms with Crippen molar-refractivity contribution < 1.29 is 0 Å². The molecular formula is C14H40N6Si2. The Labute approximate surface area is 141 Å². The Kier molecular flexibility index (Phi) is 7.91. The summed E-state index contributed by atoms with van der Waals surface area (Å²) >= 11 is 0. The molecule has 0 spiro atoms. The molecule has 0 bridgehead atoms. The van der Waals surface area contributed by atoms with Gasteiger partial charge in [0.15, 0.2) is 0 Å². The van der Waals surface area contributed by atoms with Crippen molar-refractivity contribution >= 4 is 17.1 Å². The van der Waals surface area contributed by atoms with Crippen molar-refractivity contribution in [3.63, 3.8) is 0 Å². The first-order chi connectivity index (χ1) is 9.81. The van der Waals surface area contributed by atoms with Gasteiger partial charge in [0.25, 0.3) is 17.1 Å². The zero-order chi connectivity index (χ0) is 18.0. The van der Waals surface area contributed by atoms with Gasteiger partial charge in [0.05, 0.1) is 0 Å². The first kappa shape index (κ1) is 22.2. The van der Waals surface area contributed by atoms with Crippen LogP contribution in [0.3, 0.4) is 0 Å². The van der Waals surface area contributed by atoms with Gasteiger partial charge in [0, 0.05) is 5.16 Å². The average molecular weight is 349 g/mol. The second-order valence-corrected chi connectivity index (χ2v) is 17.9. The summed E-state index contributed by atoms with van der Waals surface area (Å²) in [5, 5.41) is 0.542. The third kappa shape index (κ3) is 3.20. The molecule has 0 aliphatic heterocycles. The van der Waals surface area contributed by atoms with E-state index >= 15 is 0 Å². The molecule has 0 aromatic heterocycles. The number of hydrogen-bond donors (Lipinski definition) is 0. The highest BCUT2D eigenvalue weighted by atomic mass is 28.4. The zero-order valence-corrected chi connectivity index (χ0v) is 19.3. The molecule has 0 aliphatic rings. The molecule has 0 aliphatic carbocycles. The molecule has 134 valence electrons. The Morgan fingerprint density at radius 2 is 0.545 bits per heavy atom. The SMILES string of the molecule is CC([Si](N(C)C)(N(C)C)N(C)C)[Si](N(C)C)(N(C)C)N(C)C. The predicted octanol–water partition coefficient (Wildman–Crippen LogP) is 0.163. The molecule has 0 heterocycles. The fourth-order valence-electron chi connectivity index (χ4n) is 4.98. The molecule has 0 saturated carbocycles. The van der Waals surface area contributed by atoms with Gasteiger partial charge in [-0.05, 0) is 84.6 Å². The van der Waals surface area contributed by atoms with Gasteiger partial charge in [-0.25, -0.2) is 0 Å². The lowest BCUT2D eigenvalue weighted by Gasteiger charge is -2.59. The first-order valence-electron chi connectivity index (χ1n) is 7.86. The van der Waals surface area contributed by atoms with Gasteiger partial charge in [-0.15, -0.1) is 0 Å². The summed E-state index contributed by atoms with van der Waals surface area (Å²) in [4.78, 5) is 0. The largest absolute Gasteiger partial charge is 0.305 e. The molecule has 0 aromatic rings. The third-order valence-electron chi connectivity index (χ3n) is 5.11. The van der Waals surface area contributed by atoms with Crippen LogP contribution in [0.5, 0.6) is 0 Å². The molecule has 6 nitrogen and oxygen atoms in total. The predicted molar refractivity (Wildman–Crippen MR) is 103 cm³/mol. The van der Waals surface area contributed by atoms with Crippen molar-refractivity contribution in [2.24, 2.45) is 0 Å². The highest BCUT2D eigenvalue weighted by Gasteiger charge is 2.61. The topological polar surface area (TPSA) is 19.4 Å². The molecular weight excluding hydrogens is 308 g/mol. The quantitative estimate of drug-likeness (QED) is 0.578. The van der Waals surface area contributed by atoms with Crippen LogP contribution in [0.4, 0.5) is 0 Å². The molecule has 0 aromatic carbocycles. The minimum absolute atomic E-state index is 0.542. The highest BCUT2D eigenvalue weighted by Crippen LogP contribution is 2.38. The number of rotatable bonds is 8. The Morgan fingerprint density at radius 1 is 0.409 bits per heavy atom. The van der Waals surface area contributed by atoms with Gasteiger partial charge < -0.3 is 27.4 Å². The summed E-state index contributed by atoms with van der Waals surface area (Å²) in [6, 6.07) is 0. The van der Waals surface area contributed by atoms with Crippen molar-refractivity contribution in [1.29, 1.82) is 0 Å². The van der Waals surface area contributed by atoms with Crippen molar-refractivity contribution in [3.05, 3.63) is 0 Å². The van der Waals surface area contributed by atoms with E-state index in [4.69, 9.17) is 0 Å². The zero-order valence-electron chi connectivity index (χ0n) is 17.3. The van der Waals surface area contributed by atoms with Gasteiger partial charge >= 0.3 is 0 Å². The van der Waals surface area contributed by atoms with E-state index in [9.17, 15) is 0 Å². The molecule has 0 rings (SSSR count). The molecule has 0 N–H and O–H groups in total. The summed E-state index contributed by atoms with van der Waals surface area (Å²) in [5.41, 5.74) is 0. The fourth-order valence-corrected chi connectivity index (χ4v) is 21.2. The molecule has 8 heteroatoms. The smallest absolute Gasteiger partial charge is 0.292 e. The van der Waals surface area contributed by atoms with Crippen molar-refractivity contribution in [2.45, 2.75) is 12.1 Å². The van der Waals surface area contributed by atoms with Crippen LogP contribution >= 0.6 is 0 Å². The number of hydrogen-bond acceptors (Lipinski definition) is 6. The summed E-state index contributed by atoms with van der Waals surface area (Å²) in [7, 11) is 22.8. The maximum Gasteiger partial charge on any atom is 0.292 e. The van der Waals surface area contributed by atoms with Crippen molar-refractivity contribution in [1.82, 2.24) is 27.4 Å². The molecule has 0 fully saturated rings. The van der Waals surface area contributed by atoms with Gasteiger partial charge in [-0.2, -0.15) is 0 Å². The lowest BCUT2D eigenvalue weighted by atomic mass is 10.9. The van der Waals surface area contributed by atoms with E-state index in [2.05, 4.69) is 119 Å². The van der Waals surface area contributed by atoms with E-state index in [1.165, 1.54) is 0 Å². The van der Waals surface area contributed by atoms with Gasteiger partial charge in [-0.1, -0.05) is 6.92 Å². The van der Waals surface area contributed by atoms with Crippen molar-refractivity contribution in [2.75, 3.05) is 84.6 Å². The maximum atomic E-state index is 2.48. The van der Waals surface area contributed by atoms with E-state index in [-0.39, 0.29) is 0 Å². The Balaban J connectivity index is 6.46. The second-order valence-electron chi connectivity index (χ2n) is 7.46. The minimum Gasteiger partial charge on any atom is -0.305 e. The van der Waals surface area contributed by atoms with Crippen molar-refractivity contribution in [3.8, 4) is 0 Å². The number of nitrogens with zero attached hydrogens (tertiary/aromatic N) is 6. The average Bonchev–Trinajstić information content (AvgIpc) is 2.26. The monoisotopic (exact) mass is 348 g/mol. The van der Waals surface area contributed by atoms with Crippen LogP contribution in [0.15, 0.2) is 0 Å². The van der Waals surface area contributed by atoms with Crippen LogP contribution in [0.25, 0.3) is 0 Å². The van der Waals surface area contributed by atoms with Crippen LogP contribution in [0.2, 0.25) is 5.16 Å². The molecule has 22 heavy (non-hydrogen) atoms. The highest BCUT2D eigenvalue weighted by molar-refractivity contribution is 6.91. The molecule has 0 amide bonds. The van der Waals surface area contributed by atoms with E-state index in [0.717, 1.165) is 0 Å². The van der Waals surface area contributed by atoms with Crippen LogP contribution in [0.1, 0.15) is 6.92 Å². The summed E-state index contributed by atoms with van der Waals surface area (Å²) in [6.07, 6.45) is 0.